The van der Waals surface area contributed by atoms with Gasteiger partial charge in [-0.3, -0.25) is 13.9 Å². The molecule has 0 radical (unpaired) electrons. The van der Waals surface area contributed by atoms with Gasteiger partial charge in [-0.25, -0.2) is 8.42 Å². The maximum Gasteiger partial charge on any atom is 0.264 e. The van der Waals surface area contributed by atoms with Gasteiger partial charge < -0.3 is 10.2 Å². The number of hydrogen-bond donors (Lipinski definition) is 1. The first-order valence-corrected chi connectivity index (χ1v) is 13.8. The van der Waals surface area contributed by atoms with Gasteiger partial charge >= 0.3 is 0 Å². The normalized spacial score (nSPS) is 12.0. The smallest absolute Gasteiger partial charge is 0.264 e. The summed E-state index contributed by atoms with van der Waals surface area (Å²) in [5.41, 5.74) is 2.76. The van der Waals surface area contributed by atoms with Crippen molar-refractivity contribution in [3.63, 3.8) is 0 Å². The minimum absolute atomic E-state index is 0.0500. The van der Waals surface area contributed by atoms with Crippen LogP contribution in [0.4, 0.5) is 5.69 Å². The number of nitrogens with one attached hydrogen (secondary N) is 1. The van der Waals surface area contributed by atoms with Crippen LogP contribution in [0.1, 0.15) is 30.5 Å². The van der Waals surface area contributed by atoms with Crippen molar-refractivity contribution >= 4 is 39.1 Å². The molecule has 0 aliphatic carbocycles. The maximum absolute atomic E-state index is 13.8. The lowest BCUT2D eigenvalue weighted by molar-refractivity contribution is -0.139. The molecule has 1 atom stereocenters. The van der Waals surface area contributed by atoms with Crippen molar-refractivity contribution < 1.29 is 18.0 Å². The highest BCUT2D eigenvalue weighted by molar-refractivity contribution is 7.92. The lowest BCUT2D eigenvalue weighted by atomic mass is 10.1. The molecule has 0 aliphatic heterocycles. The lowest BCUT2D eigenvalue weighted by Gasteiger charge is -2.32. The van der Waals surface area contributed by atoms with Crippen LogP contribution in [0.5, 0.6) is 0 Å². The Balaban J connectivity index is 2.04. The highest BCUT2D eigenvalue weighted by Gasteiger charge is 2.32. The zero-order valence-electron chi connectivity index (χ0n) is 21.4. The number of likely N-dealkylation sites (N-methyl/N-ethyl adjacent to an activating group) is 1. The third-order valence-corrected chi connectivity index (χ3v) is 8.24. The van der Waals surface area contributed by atoms with E-state index in [1.807, 2.05) is 44.2 Å². The molecule has 0 spiro atoms. The molecule has 0 saturated carbocycles. The number of carbonyl (C=O) groups is 2. The van der Waals surface area contributed by atoms with Crippen molar-refractivity contribution in [1.29, 1.82) is 0 Å². The number of sulfonamides is 1. The molecule has 3 aromatic carbocycles. The molecule has 0 heterocycles. The first-order valence-electron chi connectivity index (χ1n) is 12.0. The van der Waals surface area contributed by atoms with Gasteiger partial charge in [-0.15, -0.1) is 0 Å². The summed E-state index contributed by atoms with van der Waals surface area (Å²) < 4.78 is 28.6. The molecule has 37 heavy (non-hydrogen) atoms. The summed E-state index contributed by atoms with van der Waals surface area (Å²) in [5, 5.41) is 3.12. The fourth-order valence-corrected chi connectivity index (χ4v) is 5.37. The zero-order valence-corrected chi connectivity index (χ0v) is 23.0. The summed E-state index contributed by atoms with van der Waals surface area (Å²) in [6.45, 7) is 7.15. The van der Waals surface area contributed by atoms with E-state index in [2.05, 4.69) is 5.32 Å². The molecular weight excluding hydrogens is 510 g/mol. The van der Waals surface area contributed by atoms with Gasteiger partial charge in [-0.1, -0.05) is 65.7 Å². The van der Waals surface area contributed by atoms with Crippen molar-refractivity contribution in [2.75, 3.05) is 17.4 Å². The number of rotatable bonds is 10. The number of halogens is 1. The van der Waals surface area contributed by atoms with Crippen LogP contribution < -0.4 is 9.62 Å². The van der Waals surface area contributed by atoms with E-state index in [0.717, 1.165) is 21.0 Å². The highest BCUT2D eigenvalue weighted by Crippen LogP contribution is 2.28. The number of anilines is 1. The third kappa shape index (κ3) is 6.90. The molecule has 0 aromatic heterocycles. The summed E-state index contributed by atoms with van der Waals surface area (Å²) >= 11 is 6.34. The van der Waals surface area contributed by atoms with Crippen LogP contribution in [-0.4, -0.2) is 44.3 Å². The molecule has 196 valence electrons. The van der Waals surface area contributed by atoms with Gasteiger partial charge in [-0.2, -0.15) is 0 Å². The Morgan fingerprint density at radius 2 is 1.62 bits per heavy atom. The SMILES string of the molecule is CCNC(=O)[C@@H](C)N(Cc1ccccc1)C(=O)CN(c1ccc(C)c(Cl)c1)S(=O)(=O)c1ccc(C)cc1. The van der Waals surface area contributed by atoms with Crippen LogP contribution in [0, 0.1) is 13.8 Å². The Hall–Kier alpha value is -3.36. The van der Waals surface area contributed by atoms with Crippen molar-refractivity contribution in [2.45, 2.75) is 45.2 Å². The van der Waals surface area contributed by atoms with E-state index in [0.29, 0.717) is 11.6 Å². The Bertz CT molecular complexity index is 1350. The van der Waals surface area contributed by atoms with Crippen molar-refractivity contribution in [2.24, 2.45) is 0 Å². The maximum atomic E-state index is 13.8. The van der Waals surface area contributed by atoms with Gasteiger partial charge in [-0.05, 0) is 63.1 Å². The summed E-state index contributed by atoms with van der Waals surface area (Å²) in [7, 11) is -4.13. The summed E-state index contributed by atoms with van der Waals surface area (Å²) in [5.74, 6) is -0.840. The van der Waals surface area contributed by atoms with E-state index in [4.69, 9.17) is 11.6 Å². The number of benzene rings is 3. The standard InChI is InChI=1S/C28H32ClN3O4S/c1-5-30-28(34)22(4)31(18-23-9-7-6-8-10-23)27(33)19-32(24-14-13-21(3)26(29)17-24)37(35,36)25-15-11-20(2)12-16-25/h6-17,22H,5,18-19H2,1-4H3,(H,30,34)/t22-/m1/s1. The molecule has 0 fully saturated rings. The van der Waals surface area contributed by atoms with Gasteiger partial charge in [0.25, 0.3) is 10.0 Å². The molecule has 0 unspecified atom stereocenters. The highest BCUT2D eigenvalue weighted by atomic mass is 35.5. The van der Waals surface area contributed by atoms with E-state index in [9.17, 15) is 18.0 Å². The van der Waals surface area contributed by atoms with Gasteiger partial charge in [0.05, 0.1) is 10.6 Å². The Morgan fingerprint density at radius 1 is 0.973 bits per heavy atom. The summed E-state index contributed by atoms with van der Waals surface area (Å²) in [4.78, 5) is 27.9. The van der Waals surface area contributed by atoms with E-state index in [1.54, 1.807) is 38.1 Å². The summed E-state index contributed by atoms with van der Waals surface area (Å²) in [6, 6.07) is 19.7. The first-order chi connectivity index (χ1) is 17.5. The first kappa shape index (κ1) is 28.2. The van der Waals surface area contributed by atoms with E-state index >= 15 is 0 Å². The molecule has 3 aromatic rings. The van der Waals surface area contributed by atoms with E-state index in [-0.39, 0.29) is 23.0 Å². The Labute approximate surface area is 224 Å². The molecular formula is C28H32ClN3O4S. The predicted octanol–water partition coefficient (Wildman–Crippen LogP) is 4.71. The van der Waals surface area contributed by atoms with Crippen LogP contribution >= 0.6 is 11.6 Å². The molecule has 0 aliphatic rings. The quantitative estimate of drug-likeness (QED) is 0.403. The van der Waals surface area contributed by atoms with Crippen LogP contribution in [0.15, 0.2) is 77.7 Å². The number of carbonyl (C=O) groups excluding carboxylic acids is 2. The fraction of sp³-hybridized carbons (Fsp3) is 0.286. The molecule has 9 heteroatoms. The Morgan fingerprint density at radius 3 is 2.22 bits per heavy atom. The van der Waals surface area contributed by atoms with Crippen molar-refractivity contribution in [3.8, 4) is 0 Å². The fourth-order valence-electron chi connectivity index (χ4n) is 3.79. The van der Waals surface area contributed by atoms with Gasteiger partial charge in [0.1, 0.15) is 12.6 Å². The average molecular weight is 542 g/mol. The van der Waals surface area contributed by atoms with Gasteiger partial charge in [0.15, 0.2) is 0 Å². The number of aryl methyl sites for hydroxylation is 2. The zero-order chi connectivity index (χ0) is 27.2. The second-order valence-corrected chi connectivity index (χ2v) is 11.1. The molecule has 3 rings (SSSR count). The lowest BCUT2D eigenvalue weighted by Crippen LogP contribution is -2.51. The monoisotopic (exact) mass is 541 g/mol. The second kappa shape index (κ2) is 12.3. The Kier molecular flexibility index (Phi) is 9.34. The van der Waals surface area contributed by atoms with Crippen molar-refractivity contribution in [1.82, 2.24) is 10.2 Å². The van der Waals surface area contributed by atoms with Gasteiger partial charge in [0, 0.05) is 18.1 Å². The molecule has 1 N–H and O–H groups in total. The molecule has 0 bridgehead atoms. The number of nitrogens with zero attached hydrogens (tertiary/aromatic N) is 2. The molecule has 2 amide bonds. The molecule has 7 nitrogen and oxygen atoms in total. The average Bonchev–Trinajstić information content (AvgIpc) is 2.88. The number of hydrogen-bond acceptors (Lipinski definition) is 4. The topological polar surface area (TPSA) is 86.8 Å². The van der Waals surface area contributed by atoms with E-state index in [1.165, 1.54) is 23.1 Å². The minimum atomic E-state index is -4.13. The van der Waals surface area contributed by atoms with Crippen molar-refractivity contribution in [3.05, 3.63) is 94.5 Å². The largest absolute Gasteiger partial charge is 0.355 e. The van der Waals surface area contributed by atoms with Gasteiger partial charge in [0.2, 0.25) is 11.8 Å². The minimum Gasteiger partial charge on any atom is -0.355 e. The predicted molar refractivity (Wildman–Crippen MR) is 147 cm³/mol. The van der Waals surface area contributed by atoms with Crippen LogP contribution in [0.2, 0.25) is 5.02 Å². The van der Waals surface area contributed by atoms with E-state index < -0.39 is 28.5 Å². The van der Waals surface area contributed by atoms with Crippen LogP contribution in [-0.2, 0) is 26.2 Å². The summed E-state index contributed by atoms with van der Waals surface area (Å²) in [6.07, 6.45) is 0. The third-order valence-electron chi connectivity index (χ3n) is 6.05. The van der Waals surface area contributed by atoms with Crippen LogP contribution in [0.25, 0.3) is 0 Å². The second-order valence-electron chi connectivity index (χ2n) is 8.84. The van der Waals surface area contributed by atoms with Crippen LogP contribution in [0.3, 0.4) is 0 Å². The number of amides is 2. The molecule has 0 saturated heterocycles.